The minimum atomic E-state index is -5.62. The molecule has 0 amide bonds. The second kappa shape index (κ2) is 13.3. The topological polar surface area (TPSA) is 0 Å². The van der Waals surface area contributed by atoms with Crippen LogP contribution >= 0.6 is 0 Å². The standard InChI is InChI=1S/C16H16F6.2C2H6/c1-5-9-11-13(8-4)14(15(17,18)19,16(20,21)22)12(7-3)10-6-2;2*1-2/h5-11H,1-3H2,4H3;2*1-2H3/b11-9-,12-10+,13-8+;;. The van der Waals surface area contributed by atoms with Gasteiger partial charge in [-0.2, -0.15) is 26.3 Å². The average Bonchev–Trinajstić information content (AvgIpc) is 2.58. The molecule has 0 N–H and O–H groups in total. The van der Waals surface area contributed by atoms with Crippen molar-refractivity contribution in [3.8, 4) is 0 Å². The normalized spacial score (nSPS) is 13.2. The molecule has 0 radical (unpaired) electrons. The Labute approximate surface area is 153 Å². The summed E-state index contributed by atoms with van der Waals surface area (Å²) < 4.78 is 81.3. The quantitative estimate of drug-likeness (QED) is 0.321. The summed E-state index contributed by atoms with van der Waals surface area (Å²) in [4.78, 5) is 0. The average molecular weight is 382 g/mol. The third kappa shape index (κ3) is 6.39. The van der Waals surface area contributed by atoms with Gasteiger partial charge in [0.2, 0.25) is 5.41 Å². The van der Waals surface area contributed by atoms with E-state index in [4.69, 9.17) is 0 Å². The zero-order valence-corrected chi connectivity index (χ0v) is 15.9. The molecule has 0 spiro atoms. The maximum Gasteiger partial charge on any atom is 0.411 e. The second-order valence-corrected chi connectivity index (χ2v) is 4.15. The summed E-state index contributed by atoms with van der Waals surface area (Å²) in [7, 11) is 0. The highest BCUT2D eigenvalue weighted by Crippen LogP contribution is 2.59. The van der Waals surface area contributed by atoms with Gasteiger partial charge < -0.3 is 0 Å². The fraction of sp³-hybridized carbons (Fsp3) is 0.400. The highest BCUT2D eigenvalue weighted by atomic mass is 19.4. The van der Waals surface area contributed by atoms with Crippen molar-refractivity contribution in [2.45, 2.75) is 47.0 Å². The first kappa shape index (κ1) is 28.8. The highest BCUT2D eigenvalue weighted by molar-refractivity contribution is 5.46. The van der Waals surface area contributed by atoms with Gasteiger partial charge in [0.05, 0.1) is 0 Å². The van der Waals surface area contributed by atoms with Gasteiger partial charge in [0.1, 0.15) is 0 Å². The molecular formula is C20H28F6. The number of halogens is 6. The van der Waals surface area contributed by atoms with Gasteiger partial charge in [-0.3, -0.25) is 0 Å². The SMILES string of the molecule is C=C/C=C\C(=C/C)C(/C(C=C)=C/C=C)(C(F)(F)F)C(F)(F)F.CC.CC. The van der Waals surface area contributed by atoms with E-state index < -0.39 is 28.9 Å². The van der Waals surface area contributed by atoms with Crippen LogP contribution in [0.15, 0.2) is 73.4 Å². The molecule has 0 bridgehead atoms. The third-order valence-corrected chi connectivity index (χ3v) is 2.96. The predicted molar refractivity (Wildman–Crippen MR) is 98.8 cm³/mol. The van der Waals surface area contributed by atoms with Gasteiger partial charge in [-0.1, -0.05) is 90.0 Å². The van der Waals surface area contributed by atoms with Crippen LogP contribution < -0.4 is 0 Å². The molecule has 0 aromatic carbocycles. The summed E-state index contributed by atoms with van der Waals surface area (Å²) in [5.41, 5.74) is -6.21. The molecule has 0 aliphatic heterocycles. The van der Waals surface area contributed by atoms with Crippen molar-refractivity contribution < 1.29 is 26.3 Å². The van der Waals surface area contributed by atoms with Gasteiger partial charge >= 0.3 is 12.4 Å². The van der Waals surface area contributed by atoms with Crippen LogP contribution in [0.5, 0.6) is 0 Å². The van der Waals surface area contributed by atoms with Gasteiger partial charge in [-0.05, 0) is 18.1 Å². The molecule has 0 saturated carbocycles. The van der Waals surface area contributed by atoms with E-state index in [1.165, 1.54) is 0 Å². The Bertz CT molecular complexity index is 499. The number of hydrogen-bond acceptors (Lipinski definition) is 0. The first-order chi connectivity index (χ1) is 12.0. The molecule has 0 aliphatic carbocycles. The molecule has 0 unspecified atom stereocenters. The summed E-state index contributed by atoms with van der Waals surface area (Å²) >= 11 is 0. The molecule has 0 aromatic rings. The molecule has 0 fully saturated rings. The molecule has 0 nitrogen and oxygen atoms in total. The minimum Gasteiger partial charge on any atom is -0.169 e. The van der Waals surface area contributed by atoms with Crippen molar-refractivity contribution in [1.29, 1.82) is 0 Å². The monoisotopic (exact) mass is 382 g/mol. The van der Waals surface area contributed by atoms with Crippen molar-refractivity contribution >= 4 is 0 Å². The van der Waals surface area contributed by atoms with Crippen molar-refractivity contribution in [3.05, 3.63) is 73.4 Å². The number of hydrogen-bond donors (Lipinski definition) is 0. The second-order valence-electron chi connectivity index (χ2n) is 4.15. The molecule has 0 aliphatic rings. The van der Waals surface area contributed by atoms with E-state index in [0.717, 1.165) is 37.3 Å². The number of alkyl halides is 6. The van der Waals surface area contributed by atoms with E-state index in [9.17, 15) is 26.3 Å². The van der Waals surface area contributed by atoms with Gasteiger partial charge in [-0.15, -0.1) is 0 Å². The van der Waals surface area contributed by atoms with Crippen LogP contribution in [0.1, 0.15) is 34.6 Å². The molecule has 150 valence electrons. The van der Waals surface area contributed by atoms with E-state index in [-0.39, 0.29) is 0 Å². The molecular weight excluding hydrogens is 354 g/mol. The van der Waals surface area contributed by atoms with Gasteiger partial charge in [0.15, 0.2) is 0 Å². The van der Waals surface area contributed by atoms with Crippen molar-refractivity contribution in [3.63, 3.8) is 0 Å². The van der Waals surface area contributed by atoms with Gasteiger partial charge in [-0.25, -0.2) is 0 Å². The maximum absolute atomic E-state index is 13.6. The highest BCUT2D eigenvalue weighted by Gasteiger charge is 2.73. The van der Waals surface area contributed by atoms with E-state index >= 15 is 0 Å². The summed E-state index contributed by atoms with van der Waals surface area (Å²) in [6.07, 6.45) is -5.61. The Hall–Kier alpha value is -1.98. The minimum absolute atomic E-state index is 0.536. The fourth-order valence-electron chi connectivity index (χ4n) is 2.06. The van der Waals surface area contributed by atoms with Crippen LogP contribution in [0.25, 0.3) is 0 Å². The summed E-state index contributed by atoms with van der Waals surface area (Å²) in [5, 5.41) is 0. The summed E-state index contributed by atoms with van der Waals surface area (Å²) in [6, 6.07) is 0. The van der Waals surface area contributed by atoms with E-state index in [1.807, 2.05) is 27.7 Å². The van der Waals surface area contributed by atoms with Crippen molar-refractivity contribution in [1.82, 2.24) is 0 Å². The van der Waals surface area contributed by atoms with Crippen LogP contribution in [-0.2, 0) is 0 Å². The van der Waals surface area contributed by atoms with Gasteiger partial charge in [0.25, 0.3) is 0 Å². The molecule has 6 heteroatoms. The Morgan fingerprint density at radius 1 is 0.731 bits per heavy atom. The Morgan fingerprint density at radius 3 is 1.38 bits per heavy atom. The first-order valence-electron chi connectivity index (χ1n) is 8.09. The zero-order chi connectivity index (χ0) is 21.6. The Morgan fingerprint density at radius 2 is 1.15 bits per heavy atom. The van der Waals surface area contributed by atoms with Crippen molar-refractivity contribution in [2.24, 2.45) is 5.41 Å². The Kier molecular flexibility index (Phi) is 14.7. The van der Waals surface area contributed by atoms with Crippen molar-refractivity contribution in [2.75, 3.05) is 0 Å². The van der Waals surface area contributed by atoms with Crippen LogP contribution in [-0.4, -0.2) is 12.4 Å². The van der Waals surface area contributed by atoms with E-state index in [2.05, 4.69) is 19.7 Å². The van der Waals surface area contributed by atoms with Crippen LogP contribution in [0.2, 0.25) is 0 Å². The largest absolute Gasteiger partial charge is 0.411 e. The maximum atomic E-state index is 13.6. The first-order valence-corrected chi connectivity index (χ1v) is 8.09. The van der Waals surface area contributed by atoms with Crippen LogP contribution in [0.3, 0.4) is 0 Å². The molecule has 0 heterocycles. The zero-order valence-electron chi connectivity index (χ0n) is 15.9. The lowest BCUT2D eigenvalue weighted by molar-refractivity contribution is -0.308. The molecule has 0 saturated heterocycles. The Balaban J connectivity index is -0.00000123. The van der Waals surface area contributed by atoms with E-state index in [0.29, 0.717) is 12.2 Å². The molecule has 0 aromatic heterocycles. The predicted octanol–water partition coefficient (Wildman–Crippen LogP) is 8.14. The smallest absolute Gasteiger partial charge is 0.169 e. The molecule has 26 heavy (non-hydrogen) atoms. The van der Waals surface area contributed by atoms with Gasteiger partial charge in [0, 0.05) is 0 Å². The lowest BCUT2D eigenvalue weighted by Gasteiger charge is -2.39. The fourth-order valence-corrected chi connectivity index (χ4v) is 2.06. The summed E-state index contributed by atoms with van der Waals surface area (Å²) in [6.45, 7) is 18.6. The summed E-state index contributed by atoms with van der Waals surface area (Å²) in [5.74, 6) is 0. The van der Waals surface area contributed by atoms with E-state index in [1.54, 1.807) is 0 Å². The third-order valence-electron chi connectivity index (χ3n) is 2.96. The number of rotatable bonds is 6. The molecule has 0 atom stereocenters. The molecule has 0 rings (SSSR count). The number of allylic oxidation sites excluding steroid dienone is 9. The lowest BCUT2D eigenvalue weighted by Crippen LogP contribution is -2.52. The lowest BCUT2D eigenvalue weighted by atomic mass is 9.71. The van der Waals surface area contributed by atoms with Crippen LogP contribution in [0.4, 0.5) is 26.3 Å². The van der Waals surface area contributed by atoms with Crippen LogP contribution in [0, 0.1) is 5.41 Å².